The van der Waals surface area contributed by atoms with Crippen LogP contribution in [-0.2, 0) is 0 Å². The maximum Gasteiger partial charge on any atom is 0.707 e. The maximum atomic E-state index is 8.87. The molecule has 90 valence electrons. The molecule has 0 aromatic heterocycles. The number of ether oxygens (including phenoxy) is 1. The van der Waals surface area contributed by atoms with Crippen molar-refractivity contribution in [2.75, 3.05) is 5.32 Å². The molecule has 0 atom stereocenters. The molecule has 3 N–H and O–H groups in total. The van der Waals surface area contributed by atoms with Gasteiger partial charge in [-0.1, -0.05) is 18.2 Å². The van der Waals surface area contributed by atoms with Gasteiger partial charge in [0.15, 0.2) is 11.5 Å². The molecule has 0 saturated heterocycles. The number of nitrogens with one attached hydrogen (secondary N) is 1. The first kappa shape index (κ1) is 10.9. The minimum absolute atomic E-state index is 0.317. The Labute approximate surface area is 104 Å². The molecule has 0 radical (unpaired) electrons. The van der Waals surface area contributed by atoms with Gasteiger partial charge in [0.1, 0.15) is 11.4 Å². The number of hydrogen-bond donors (Lipinski definition) is 3. The molecule has 1 heterocycles. The van der Waals surface area contributed by atoms with Crippen molar-refractivity contribution in [3.8, 4) is 17.2 Å². The highest BCUT2D eigenvalue weighted by Gasteiger charge is 2.22. The Morgan fingerprint density at radius 1 is 1.00 bits per heavy atom. The smallest absolute Gasteiger partial charge is 0.510 e. The van der Waals surface area contributed by atoms with Crippen LogP contribution in [0.3, 0.4) is 0 Å². The lowest BCUT2D eigenvalue weighted by Crippen LogP contribution is -2.21. The Morgan fingerprint density at radius 2 is 1.78 bits per heavy atom. The molecule has 0 fully saturated rings. The Balaban J connectivity index is 2.02. The van der Waals surface area contributed by atoms with Crippen LogP contribution in [0.5, 0.6) is 17.2 Å². The number of benzene rings is 2. The third-order valence-corrected chi connectivity index (χ3v) is 2.59. The van der Waals surface area contributed by atoms with E-state index in [0.717, 1.165) is 5.69 Å². The van der Waals surface area contributed by atoms with E-state index in [1.165, 1.54) is 0 Å². The normalized spacial score (nSPS) is 11.7. The highest BCUT2D eigenvalue weighted by molar-refractivity contribution is 6.34. The van der Waals surface area contributed by atoms with Gasteiger partial charge < -0.3 is 24.8 Å². The van der Waals surface area contributed by atoms with Crippen LogP contribution in [-0.4, -0.2) is 17.4 Å². The fourth-order valence-electron chi connectivity index (χ4n) is 1.84. The lowest BCUT2D eigenvalue weighted by molar-refractivity contribution is 0.288. The molecule has 0 aliphatic carbocycles. The third-order valence-electron chi connectivity index (χ3n) is 2.59. The van der Waals surface area contributed by atoms with Crippen LogP contribution < -0.4 is 14.7 Å². The number of anilines is 2. The van der Waals surface area contributed by atoms with E-state index < -0.39 is 7.32 Å². The molecule has 18 heavy (non-hydrogen) atoms. The van der Waals surface area contributed by atoms with E-state index in [1.54, 1.807) is 18.2 Å². The SMILES string of the molecule is OB(O)Oc1cccc2c1Nc1ccccc1O2. The monoisotopic (exact) mass is 243 g/mol. The maximum absolute atomic E-state index is 8.87. The third kappa shape index (κ3) is 1.87. The van der Waals surface area contributed by atoms with Gasteiger partial charge in [-0.2, -0.15) is 0 Å². The first-order chi connectivity index (χ1) is 8.74. The van der Waals surface area contributed by atoms with Crippen molar-refractivity contribution in [1.82, 2.24) is 0 Å². The second kappa shape index (κ2) is 4.25. The van der Waals surface area contributed by atoms with Crippen LogP contribution in [0, 0.1) is 0 Å². The van der Waals surface area contributed by atoms with Gasteiger partial charge in [-0.15, -0.1) is 0 Å². The zero-order chi connectivity index (χ0) is 12.5. The average molecular weight is 243 g/mol. The Morgan fingerprint density at radius 3 is 2.61 bits per heavy atom. The summed E-state index contributed by atoms with van der Waals surface area (Å²) in [6.07, 6.45) is 0. The summed E-state index contributed by atoms with van der Waals surface area (Å²) in [6, 6.07) is 12.6. The van der Waals surface area contributed by atoms with E-state index in [0.29, 0.717) is 22.9 Å². The summed E-state index contributed by atoms with van der Waals surface area (Å²) in [5.74, 6) is 1.61. The summed E-state index contributed by atoms with van der Waals surface area (Å²) in [6.45, 7) is 0. The van der Waals surface area contributed by atoms with Crippen molar-refractivity contribution in [1.29, 1.82) is 0 Å². The van der Waals surface area contributed by atoms with Crippen molar-refractivity contribution in [3.63, 3.8) is 0 Å². The predicted octanol–water partition coefficient (Wildman–Crippen LogP) is 1.88. The average Bonchev–Trinajstić information content (AvgIpc) is 2.36. The van der Waals surface area contributed by atoms with Gasteiger partial charge in [0.25, 0.3) is 0 Å². The van der Waals surface area contributed by atoms with Crippen LogP contribution in [0.2, 0.25) is 0 Å². The Kier molecular flexibility index (Phi) is 2.58. The number of para-hydroxylation sites is 3. The van der Waals surface area contributed by atoms with Crippen molar-refractivity contribution < 1.29 is 19.4 Å². The van der Waals surface area contributed by atoms with E-state index >= 15 is 0 Å². The molecule has 2 aromatic carbocycles. The van der Waals surface area contributed by atoms with E-state index in [9.17, 15) is 0 Å². The molecule has 3 rings (SSSR count). The van der Waals surface area contributed by atoms with Crippen LogP contribution in [0.25, 0.3) is 0 Å². The minimum Gasteiger partial charge on any atom is -0.510 e. The van der Waals surface area contributed by atoms with Gasteiger partial charge in [0, 0.05) is 0 Å². The molecule has 1 aliphatic heterocycles. The van der Waals surface area contributed by atoms with Crippen molar-refractivity contribution in [2.24, 2.45) is 0 Å². The van der Waals surface area contributed by atoms with Crippen molar-refractivity contribution >= 4 is 18.7 Å². The molecule has 1 aliphatic rings. The minimum atomic E-state index is -1.87. The van der Waals surface area contributed by atoms with Gasteiger partial charge in [-0.25, -0.2) is 0 Å². The van der Waals surface area contributed by atoms with Gasteiger partial charge in [0.05, 0.1) is 5.69 Å². The summed E-state index contributed by atoms with van der Waals surface area (Å²) in [5.41, 5.74) is 1.37. The molecule has 0 spiro atoms. The van der Waals surface area contributed by atoms with Crippen molar-refractivity contribution in [3.05, 3.63) is 42.5 Å². The fraction of sp³-hybridized carbons (Fsp3) is 0. The molecule has 0 bridgehead atoms. The first-order valence-corrected chi connectivity index (χ1v) is 5.44. The molecule has 0 amide bonds. The largest absolute Gasteiger partial charge is 0.707 e. The molecule has 6 heteroatoms. The quantitative estimate of drug-likeness (QED) is 0.599. The first-order valence-electron chi connectivity index (χ1n) is 5.44. The zero-order valence-corrected chi connectivity index (χ0v) is 9.33. The summed E-state index contributed by atoms with van der Waals surface area (Å²) in [7, 11) is -1.87. The Hall–Kier alpha value is -2.18. The van der Waals surface area contributed by atoms with Gasteiger partial charge in [-0.05, 0) is 24.3 Å². The topological polar surface area (TPSA) is 71.0 Å². The molecule has 5 nitrogen and oxygen atoms in total. The van der Waals surface area contributed by atoms with Gasteiger partial charge in [-0.3, -0.25) is 0 Å². The van der Waals surface area contributed by atoms with E-state index in [-0.39, 0.29) is 0 Å². The standard InChI is InChI=1S/C12H10BNO4/c15-13(16)18-11-7-3-6-10-12(11)14-8-4-1-2-5-9(8)17-10/h1-7,14-16H. The second-order valence-electron chi connectivity index (χ2n) is 3.80. The summed E-state index contributed by atoms with van der Waals surface area (Å²) in [4.78, 5) is 0. The van der Waals surface area contributed by atoms with E-state index in [1.807, 2.05) is 24.3 Å². The van der Waals surface area contributed by atoms with Crippen LogP contribution >= 0.6 is 0 Å². The molecule has 2 aromatic rings. The van der Waals surface area contributed by atoms with Crippen molar-refractivity contribution in [2.45, 2.75) is 0 Å². The van der Waals surface area contributed by atoms with E-state index in [2.05, 4.69) is 5.32 Å². The van der Waals surface area contributed by atoms with Gasteiger partial charge in [0.2, 0.25) is 0 Å². The fourth-order valence-corrected chi connectivity index (χ4v) is 1.84. The summed E-state index contributed by atoms with van der Waals surface area (Å²) >= 11 is 0. The lowest BCUT2D eigenvalue weighted by atomic mass is 10.1. The second-order valence-corrected chi connectivity index (χ2v) is 3.80. The molecule has 0 saturated carbocycles. The van der Waals surface area contributed by atoms with Crippen LogP contribution in [0.15, 0.2) is 42.5 Å². The zero-order valence-electron chi connectivity index (χ0n) is 9.33. The summed E-state index contributed by atoms with van der Waals surface area (Å²) in [5, 5.41) is 20.9. The Bertz CT molecular complexity index is 588. The molecular weight excluding hydrogens is 233 g/mol. The lowest BCUT2D eigenvalue weighted by Gasteiger charge is -2.23. The molecular formula is C12H10BNO4. The molecule has 0 unspecified atom stereocenters. The highest BCUT2D eigenvalue weighted by Crippen LogP contribution is 2.45. The summed E-state index contributed by atoms with van der Waals surface area (Å²) < 4.78 is 10.6. The van der Waals surface area contributed by atoms with Gasteiger partial charge >= 0.3 is 7.32 Å². The van der Waals surface area contributed by atoms with E-state index in [4.69, 9.17) is 19.4 Å². The number of fused-ring (bicyclic) bond motifs is 2. The number of hydrogen-bond acceptors (Lipinski definition) is 5. The highest BCUT2D eigenvalue weighted by atomic mass is 16.6. The predicted molar refractivity (Wildman–Crippen MR) is 67.1 cm³/mol. The van der Waals surface area contributed by atoms with Crippen LogP contribution in [0.1, 0.15) is 0 Å². The number of rotatable bonds is 2. The van der Waals surface area contributed by atoms with Crippen LogP contribution in [0.4, 0.5) is 11.4 Å².